The first-order chi connectivity index (χ1) is 14.2. The Morgan fingerprint density at radius 3 is 2.66 bits per heavy atom. The number of amides is 1. The van der Waals surface area contributed by atoms with Crippen LogP contribution in [0.25, 0.3) is 10.9 Å². The summed E-state index contributed by atoms with van der Waals surface area (Å²) in [6, 6.07) is 17.5. The summed E-state index contributed by atoms with van der Waals surface area (Å²) in [5.41, 5.74) is 3.32. The molecule has 1 amide bonds. The number of hydrogen-bond acceptors (Lipinski definition) is 5. The number of aromatic nitrogens is 4. The summed E-state index contributed by atoms with van der Waals surface area (Å²) in [6.45, 7) is 0. The van der Waals surface area contributed by atoms with Crippen LogP contribution in [0.2, 0.25) is 0 Å². The van der Waals surface area contributed by atoms with Crippen LogP contribution >= 0.6 is 11.8 Å². The van der Waals surface area contributed by atoms with Crippen molar-refractivity contribution in [2.24, 2.45) is 7.05 Å². The number of anilines is 1. The summed E-state index contributed by atoms with van der Waals surface area (Å²) in [6.07, 6.45) is 3.97. The second-order valence-electron chi connectivity index (χ2n) is 7.19. The van der Waals surface area contributed by atoms with Gasteiger partial charge in [0.05, 0.1) is 11.1 Å². The van der Waals surface area contributed by atoms with Crippen LogP contribution < -0.4 is 5.32 Å². The SMILES string of the molecule is Cn1cnnc1Sc1ccc(NC(=O)c2cc(C3CC3)nc3ccccc23)cc1. The maximum absolute atomic E-state index is 13.0. The molecule has 1 N–H and O–H groups in total. The second kappa shape index (κ2) is 7.33. The number of nitrogens with zero attached hydrogens (tertiary/aromatic N) is 4. The Labute approximate surface area is 172 Å². The Hall–Kier alpha value is -3.19. The van der Waals surface area contributed by atoms with Crippen molar-refractivity contribution in [1.82, 2.24) is 19.7 Å². The van der Waals surface area contributed by atoms with E-state index in [4.69, 9.17) is 4.98 Å². The molecule has 7 heteroatoms. The fraction of sp³-hybridized carbons (Fsp3) is 0.182. The number of nitrogens with one attached hydrogen (secondary N) is 1. The van der Waals surface area contributed by atoms with E-state index in [1.165, 1.54) is 11.8 Å². The second-order valence-corrected chi connectivity index (χ2v) is 8.23. The van der Waals surface area contributed by atoms with Crippen molar-refractivity contribution in [3.05, 3.63) is 72.2 Å². The highest BCUT2D eigenvalue weighted by atomic mass is 32.2. The highest BCUT2D eigenvalue weighted by Gasteiger charge is 2.27. The molecule has 0 aliphatic heterocycles. The van der Waals surface area contributed by atoms with Gasteiger partial charge in [-0.05, 0) is 61.0 Å². The van der Waals surface area contributed by atoms with Crippen LogP contribution in [0.5, 0.6) is 0 Å². The molecule has 144 valence electrons. The van der Waals surface area contributed by atoms with Gasteiger partial charge in [-0.2, -0.15) is 0 Å². The van der Waals surface area contributed by atoms with Gasteiger partial charge in [0.15, 0.2) is 5.16 Å². The fourth-order valence-electron chi connectivity index (χ4n) is 3.25. The van der Waals surface area contributed by atoms with Crippen molar-refractivity contribution in [1.29, 1.82) is 0 Å². The van der Waals surface area contributed by atoms with Crippen LogP contribution in [0.4, 0.5) is 5.69 Å². The number of benzene rings is 2. The zero-order valence-corrected chi connectivity index (χ0v) is 16.7. The van der Waals surface area contributed by atoms with Crippen LogP contribution in [0, 0.1) is 0 Å². The molecule has 2 aromatic heterocycles. The Balaban J connectivity index is 1.38. The molecule has 0 unspecified atom stereocenters. The highest BCUT2D eigenvalue weighted by Crippen LogP contribution is 2.40. The quantitative estimate of drug-likeness (QED) is 0.527. The molecule has 1 fully saturated rings. The van der Waals surface area contributed by atoms with E-state index in [2.05, 4.69) is 15.5 Å². The number of pyridine rings is 1. The van der Waals surface area contributed by atoms with E-state index >= 15 is 0 Å². The van der Waals surface area contributed by atoms with Gasteiger partial charge in [-0.25, -0.2) is 0 Å². The van der Waals surface area contributed by atoms with Gasteiger partial charge in [0, 0.05) is 34.6 Å². The van der Waals surface area contributed by atoms with Gasteiger partial charge < -0.3 is 9.88 Å². The van der Waals surface area contributed by atoms with Gasteiger partial charge >= 0.3 is 0 Å². The van der Waals surface area contributed by atoms with Crippen LogP contribution in [0.15, 0.2) is 71.0 Å². The summed E-state index contributed by atoms with van der Waals surface area (Å²) in [4.78, 5) is 18.8. The third-order valence-electron chi connectivity index (χ3n) is 4.97. The zero-order valence-electron chi connectivity index (χ0n) is 15.9. The molecule has 2 aromatic carbocycles. The summed E-state index contributed by atoms with van der Waals surface area (Å²) in [5.74, 6) is 0.377. The Bertz CT molecular complexity index is 1200. The third kappa shape index (κ3) is 3.73. The lowest BCUT2D eigenvalue weighted by Gasteiger charge is -2.10. The smallest absolute Gasteiger partial charge is 0.256 e. The lowest BCUT2D eigenvalue weighted by atomic mass is 10.1. The summed E-state index contributed by atoms with van der Waals surface area (Å²) in [5, 5.41) is 12.7. The van der Waals surface area contributed by atoms with Crippen molar-refractivity contribution in [2.75, 3.05) is 5.32 Å². The molecule has 1 aliphatic carbocycles. The highest BCUT2D eigenvalue weighted by molar-refractivity contribution is 7.99. The van der Waals surface area contributed by atoms with Gasteiger partial charge in [-0.3, -0.25) is 9.78 Å². The molecule has 0 spiro atoms. The minimum absolute atomic E-state index is 0.112. The molecule has 2 heterocycles. The van der Waals surface area contributed by atoms with E-state index < -0.39 is 0 Å². The number of aryl methyl sites for hydroxylation is 1. The van der Waals surface area contributed by atoms with Crippen molar-refractivity contribution in [2.45, 2.75) is 28.8 Å². The summed E-state index contributed by atoms with van der Waals surface area (Å²) >= 11 is 1.53. The molecule has 4 aromatic rings. The zero-order chi connectivity index (χ0) is 19.8. The van der Waals surface area contributed by atoms with Crippen molar-refractivity contribution in [3.63, 3.8) is 0 Å². The molecule has 1 saturated carbocycles. The average molecular weight is 401 g/mol. The maximum atomic E-state index is 13.0. The molecular weight excluding hydrogens is 382 g/mol. The minimum atomic E-state index is -0.112. The van der Waals surface area contributed by atoms with Gasteiger partial charge in [-0.1, -0.05) is 18.2 Å². The topological polar surface area (TPSA) is 72.7 Å². The molecule has 1 aliphatic rings. The lowest BCUT2D eigenvalue weighted by molar-refractivity contribution is 0.102. The van der Waals surface area contributed by atoms with Crippen LogP contribution in [0.1, 0.15) is 34.8 Å². The molecule has 0 bridgehead atoms. The molecule has 5 rings (SSSR count). The van der Waals surface area contributed by atoms with Crippen molar-refractivity contribution >= 4 is 34.3 Å². The Kier molecular flexibility index (Phi) is 4.52. The van der Waals surface area contributed by atoms with E-state index in [0.29, 0.717) is 11.5 Å². The van der Waals surface area contributed by atoms with Gasteiger partial charge in [0.1, 0.15) is 6.33 Å². The number of para-hydroxylation sites is 1. The van der Waals surface area contributed by atoms with Gasteiger partial charge in [-0.15, -0.1) is 10.2 Å². The Morgan fingerprint density at radius 2 is 1.93 bits per heavy atom. The normalized spacial score (nSPS) is 13.6. The largest absolute Gasteiger partial charge is 0.322 e. The van der Waals surface area contributed by atoms with Crippen molar-refractivity contribution in [3.8, 4) is 0 Å². The first-order valence-corrected chi connectivity index (χ1v) is 10.3. The first kappa shape index (κ1) is 17.9. The first-order valence-electron chi connectivity index (χ1n) is 9.50. The van der Waals surface area contributed by atoms with E-state index in [-0.39, 0.29) is 5.91 Å². The van der Waals surface area contributed by atoms with E-state index in [0.717, 1.165) is 45.2 Å². The van der Waals surface area contributed by atoms with Crippen molar-refractivity contribution < 1.29 is 4.79 Å². The predicted molar refractivity (Wildman–Crippen MR) is 113 cm³/mol. The van der Waals surface area contributed by atoms with Gasteiger partial charge in [0.25, 0.3) is 5.91 Å². The Morgan fingerprint density at radius 1 is 1.14 bits per heavy atom. The molecular formula is C22H19N5OS. The third-order valence-corrected chi connectivity index (χ3v) is 6.03. The maximum Gasteiger partial charge on any atom is 0.256 e. The number of fused-ring (bicyclic) bond motifs is 1. The van der Waals surface area contributed by atoms with E-state index in [9.17, 15) is 4.79 Å². The minimum Gasteiger partial charge on any atom is -0.322 e. The molecule has 0 saturated heterocycles. The number of carbonyl (C=O) groups is 1. The molecule has 6 nitrogen and oxygen atoms in total. The van der Waals surface area contributed by atoms with Crippen LogP contribution in [-0.4, -0.2) is 25.7 Å². The molecule has 29 heavy (non-hydrogen) atoms. The number of rotatable bonds is 5. The average Bonchev–Trinajstić information content (AvgIpc) is 3.52. The fourth-order valence-corrected chi connectivity index (χ4v) is 4.01. The summed E-state index contributed by atoms with van der Waals surface area (Å²) in [7, 11) is 1.91. The lowest BCUT2D eigenvalue weighted by Crippen LogP contribution is -2.13. The standard InChI is InChI=1S/C22H19N5OS/c1-27-13-23-26-22(27)29-16-10-8-15(9-11-16)24-21(28)18-12-20(14-6-7-14)25-19-5-3-2-4-17(18)19/h2-5,8-14H,6-7H2,1H3,(H,24,28). The molecule has 0 atom stereocenters. The predicted octanol–water partition coefficient (Wildman–Crippen LogP) is 4.64. The van der Waals surface area contributed by atoms with E-state index in [1.54, 1.807) is 6.33 Å². The van der Waals surface area contributed by atoms with Gasteiger partial charge in [0.2, 0.25) is 0 Å². The van der Waals surface area contributed by atoms with Crippen LogP contribution in [-0.2, 0) is 7.05 Å². The molecule has 0 radical (unpaired) electrons. The summed E-state index contributed by atoms with van der Waals surface area (Å²) < 4.78 is 1.87. The monoisotopic (exact) mass is 401 g/mol. The number of carbonyl (C=O) groups excluding carboxylic acids is 1. The van der Waals surface area contributed by atoms with E-state index in [1.807, 2.05) is 66.2 Å². The number of hydrogen-bond donors (Lipinski definition) is 1. The van der Waals surface area contributed by atoms with Crippen LogP contribution in [0.3, 0.4) is 0 Å².